The van der Waals surface area contributed by atoms with Gasteiger partial charge in [0.25, 0.3) is 0 Å². The molecule has 0 fully saturated rings. The topological polar surface area (TPSA) is 78.9 Å². The second kappa shape index (κ2) is 62.6. The Bertz CT molecular complexity index is 1520. The smallest absolute Gasteiger partial charge is 0.306 e. The fourth-order valence-corrected chi connectivity index (χ4v) is 8.61. The number of hydrogen-bond acceptors (Lipinski definition) is 6. The second-order valence-corrected chi connectivity index (χ2v) is 20.6. The van der Waals surface area contributed by atoms with Crippen LogP contribution in [0.4, 0.5) is 0 Å². The predicted molar refractivity (Wildman–Crippen MR) is 325 cm³/mol. The molecule has 0 bridgehead atoms. The molecule has 0 amide bonds. The monoisotopic (exact) mass is 1040 g/mol. The molecule has 75 heavy (non-hydrogen) atoms. The molecule has 0 radical (unpaired) electrons. The largest absolute Gasteiger partial charge is 0.462 e. The van der Waals surface area contributed by atoms with Crippen molar-refractivity contribution in [2.75, 3.05) is 13.2 Å². The van der Waals surface area contributed by atoms with Crippen LogP contribution in [0.25, 0.3) is 0 Å². The molecule has 0 aliphatic carbocycles. The fourth-order valence-electron chi connectivity index (χ4n) is 8.61. The third-order valence-corrected chi connectivity index (χ3v) is 13.3. The molecule has 1 atom stereocenters. The van der Waals surface area contributed by atoms with Gasteiger partial charge in [-0.15, -0.1) is 0 Å². The summed E-state index contributed by atoms with van der Waals surface area (Å²) >= 11 is 0. The second-order valence-electron chi connectivity index (χ2n) is 20.6. The molecule has 0 saturated heterocycles. The van der Waals surface area contributed by atoms with Gasteiger partial charge in [0.15, 0.2) is 6.10 Å². The SMILES string of the molecule is CC/C=C\C/C=C\C/C=C\C/C=C\C/C=C\C/C=C\C/C=C\C/C=C\C/C=C\CCCCCC(=O)OCC(COC(=O)CCCCCCCCCC)OC(=O)CCCCCCCCCCCCCCCCCCCC. The number of carbonyl (C=O) groups excluding carboxylic acids is 3. The number of hydrogen-bond donors (Lipinski definition) is 0. The molecule has 0 aliphatic heterocycles. The van der Waals surface area contributed by atoms with Crippen molar-refractivity contribution in [3.05, 3.63) is 109 Å². The Morgan fingerprint density at radius 1 is 0.280 bits per heavy atom. The minimum absolute atomic E-state index is 0.0860. The lowest BCUT2D eigenvalue weighted by Gasteiger charge is -2.18. The molecule has 0 aliphatic rings. The minimum atomic E-state index is -0.789. The summed E-state index contributed by atoms with van der Waals surface area (Å²) in [5, 5.41) is 0. The van der Waals surface area contributed by atoms with E-state index < -0.39 is 6.10 Å². The van der Waals surface area contributed by atoms with E-state index in [1.165, 1.54) is 128 Å². The summed E-state index contributed by atoms with van der Waals surface area (Å²) in [7, 11) is 0. The van der Waals surface area contributed by atoms with E-state index >= 15 is 0 Å². The van der Waals surface area contributed by atoms with Gasteiger partial charge in [0.1, 0.15) is 13.2 Å². The predicted octanol–water partition coefficient (Wildman–Crippen LogP) is 21.4. The van der Waals surface area contributed by atoms with Crippen LogP contribution in [0.3, 0.4) is 0 Å². The van der Waals surface area contributed by atoms with Gasteiger partial charge in [-0.1, -0.05) is 291 Å². The van der Waals surface area contributed by atoms with E-state index in [0.29, 0.717) is 19.3 Å². The van der Waals surface area contributed by atoms with Crippen molar-refractivity contribution >= 4 is 17.9 Å². The number of unbranched alkanes of at least 4 members (excludes halogenated alkanes) is 27. The molecular weight excluding hydrogens is 925 g/mol. The van der Waals surface area contributed by atoms with Gasteiger partial charge in [-0.25, -0.2) is 0 Å². The molecule has 0 N–H and O–H groups in total. The Kier molecular flexibility index (Phi) is 59.3. The first-order valence-electron chi connectivity index (χ1n) is 31.4. The molecular formula is C69H116O6. The van der Waals surface area contributed by atoms with Crippen molar-refractivity contribution in [3.63, 3.8) is 0 Å². The van der Waals surface area contributed by atoms with Gasteiger partial charge in [0, 0.05) is 19.3 Å². The van der Waals surface area contributed by atoms with Crippen molar-refractivity contribution in [2.45, 2.75) is 297 Å². The van der Waals surface area contributed by atoms with E-state index in [1.54, 1.807) is 0 Å². The summed E-state index contributed by atoms with van der Waals surface area (Å²) in [4.78, 5) is 38.1. The highest BCUT2D eigenvalue weighted by Gasteiger charge is 2.19. The lowest BCUT2D eigenvalue weighted by Crippen LogP contribution is -2.30. The van der Waals surface area contributed by atoms with Gasteiger partial charge < -0.3 is 14.2 Å². The van der Waals surface area contributed by atoms with Crippen LogP contribution in [0.5, 0.6) is 0 Å². The molecule has 0 aromatic heterocycles. The van der Waals surface area contributed by atoms with E-state index in [-0.39, 0.29) is 31.1 Å². The first kappa shape index (κ1) is 71.1. The van der Waals surface area contributed by atoms with Gasteiger partial charge in [-0.05, 0) is 89.9 Å². The van der Waals surface area contributed by atoms with Crippen LogP contribution in [0.1, 0.15) is 290 Å². The molecule has 6 heteroatoms. The third-order valence-electron chi connectivity index (χ3n) is 13.3. The standard InChI is InChI=1S/C69H116O6/c1-4-7-10-13-16-19-21-23-25-27-29-30-31-32-33-34-35-36-37-38-39-40-41-43-44-46-48-50-53-56-59-62-68(71)74-65-66(64-73-67(70)61-58-55-52-18-15-12-9-6-3)75-69(72)63-60-57-54-51-49-47-45-42-28-26-24-22-20-17-14-11-8-5-2/h7,10,16,19,23,25,29-30,32-33,35-36,38-39,41,43,46,48,66H,4-6,8-9,11-15,17-18,20-22,24,26-28,31,34,37,40,42,44-45,47,49-65H2,1-3H3/b10-7-,19-16-,25-23-,30-29-,33-32-,36-35-,39-38-,43-41-,48-46-. The van der Waals surface area contributed by atoms with E-state index in [9.17, 15) is 14.4 Å². The normalized spacial score (nSPS) is 12.8. The van der Waals surface area contributed by atoms with Crippen LogP contribution < -0.4 is 0 Å². The molecule has 0 aromatic carbocycles. The number of ether oxygens (including phenoxy) is 3. The quantitative estimate of drug-likeness (QED) is 0.0261. The lowest BCUT2D eigenvalue weighted by atomic mass is 10.0. The molecule has 0 rings (SSSR count). The Morgan fingerprint density at radius 3 is 0.813 bits per heavy atom. The Balaban J connectivity index is 4.26. The van der Waals surface area contributed by atoms with Crippen molar-refractivity contribution < 1.29 is 28.6 Å². The van der Waals surface area contributed by atoms with Crippen molar-refractivity contribution in [3.8, 4) is 0 Å². The van der Waals surface area contributed by atoms with Crippen LogP contribution in [-0.2, 0) is 28.6 Å². The lowest BCUT2D eigenvalue weighted by molar-refractivity contribution is -0.167. The number of esters is 3. The van der Waals surface area contributed by atoms with E-state index in [0.717, 1.165) is 122 Å². The Morgan fingerprint density at radius 2 is 0.520 bits per heavy atom. The fraction of sp³-hybridized carbons (Fsp3) is 0.696. The number of rotatable bonds is 56. The zero-order valence-electron chi connectivity index (χ0n) is 49.0. The van der Waals surface area contributed by atoms with Gasteiger partial charge in [0.2, 0.25) is 0 Å². The van der Waals surface area contributed by atoms with Crippen LogP contribution in [0.15, 0.2) is 109 Å². The summed E-state index contributed by atoms with van der Waals surface area (Å²) < 4.78 is 16.8. The van der Waals surface area contributed by atoms with E-state index in [4.69, 9.17) is 14.2 Å². The van der Waals surface area contributed by atoms with E-state index in [1.807, 2.05) is 0 Å². The zero-order chi connectivity index (χ0) is 54.3. The van der Waals surface area contributed by atoms with Crippen LogP contribution >= 0.6 is 0 Å². The van der Waals surface area contributed by atoms with Gasteiger partial charge >= 0.3 is 17.9 Å². The summed E-state index contributed by atoms with van der Waals surface area (Å²) in [5.41, 5.74) is 0. The summed E-state index contributed by atoms with van der Waals surface area (Å²) in [6.07, 6.45) is 85.4. The highest BCUT2D eigenvalue weighted by molar-refractivity contribution is 5.71. The average molecular weight is 1040 g/mol. The summed E-state index contributed by atoms with van der Waals surface area (Å²) in [5.74, 6) is -0.917. The van der Waals surface area contributed by atoms with Crippen molar-refractivity contribution in [1.29, 1.82) is 0 Å². The van der Waals surface area contributed by atoms with Gasteiger partial charge in [-0.2, -0.15) is 0 Å². The molecule has 0 spiro atoms. The zero-order valence-corrected chi connectivity index (χ0v) is 49.0. The highest BCUT2D eigenvalue weighted by Crippen LogP contribution is 2.16. The van der Waals surface area contributed by atoms with Crippen LogP contribution in [0, 0.1) is 0 Å². The van der Waals surface area contributed by atoms with Gasteiger partial charge in [0.05, 0.1) is 0 Å². The first-order valence-corrected chi connectivity index (χ1v) is 31.4. The van der Waals surface area contributed by atoms with Crippen LogP contribution in [0.2, 0.25) is 0 Å². The first-order chi connectivity index (χ1) is 37.0. The Hall–Kier alpha value is -3.93. The van der Waals surface area contributed by atoms with E-state index in [2.05, 4.69) is 130 Å². The maximum atomic E-state index is 12.8. The van der Waals surface area contributed by atoms with Crippen molar-refractivity contribution in [1.82, 2.24) is 0 Å². The minimum Gasteiger partial charge on any atom is -0.462 e. The third kappa shape index (κ3) is 60.8. The summed E-state index contributed by atoms with van der Waals surface area (Å²) in [6.45, 7) is 6.49. The highest BCUT2D eigenvalue weighted by atomic mass is 16.6. The van der Waals surface area contributed by atoms with Gasteiger partial charge in [-0.3, -0.25) is 14.4 Å². The maximum absolute atomic E-state index is 12.8. The maximum Gasteiger partial charge on any atom is 0.306 e. The molecule has 1 unspecified atom stereocenters. The molecule has 0 saturated carbocycles. The molecule has 0 aromatic rings. The molecule has 428 valence electrons. The van der Waals surface area contributed by atoms with Crippen molar-refractivity contribution in [2.24, 2.45) is 0 Å². The Labute approximate surface area is 463 Å². The summed E-state index contributed by atoms with van der Waals surface area (Å²) in [6, 6.07) is 0. The average Bonchev–Trinajstić information content (AvgIpc) is 3.41. The number of allylic oxidation sites excluding steroid dienone is 18. The van der Waals surface area contributed by atoms with Crippen LogP contribution in [-0.4, -0.2) is 37.2 Å². The molecule has 0 heterocycles. The number of carbonyl (C=O) groups is 3. The molecule has 6 nitrogen and oxygen atoms in total.